The largest absolute Gasteiger partial charge is 0.207 e. The first-order valence-corrected chi connectivity index (χ1v) is 7.34. The van der Waals surface area contributed by atoms with Crippen LogP contribution in [0.1, 0.15) is 16.0 Å². The molecule has 2 heteroatoms. The summed E-state index contributed by atoms with van der Waals surface area (Å²) in [7, 11) is 0. The summed E-state index contributed by atoms with van der Waals surface area (Å²) in [5.74, 6) is -0.194. The van der Waals surface area contributed by atoms with Gasteiger partial charge in [0, 0.05) is 16.2 Å². The molecule has 0 atom stereocenters. The monoisotopic (exact) mass is 281 g/mol. The molecule has 0 saturated heterocycles. The summed E-state index contributed by atoms with van der Waals surface area (Å²) in [6, 6.07) is 20.1. The van der Waals surface area contributed by atoms with Crippen molar-refractivity contribution >= 4 is 11.3 Å². The van der Waals surface area contributed by atoms with Crippen molar-refractivity contribution in [2.24, 2.45) is 0 Å². The van der Waals surface area contributed by atoms with Gasteiger partial charge in [0.2, 0.25) is 0 Å². The predicted octanol–water partition coefficient (Wildman–Crippen LogP) is 5.25. The van der Waals surface area contributed by atoms with Crippen molar-refractivity contribution in [1.82, 2.24) is 0 Å². The molecule has 0 aliphatic rings. The van der Waals surface area contributed by atoms with Crippen LogP contribution in [0.15, 0.2) is 54.6 Å². The number of rotatable bonds is 3. The third-order valence-electron chi connectivity index (χ3n) is 3.35. The molecule has 0 aliphatic heterocycles. The highest BCUT2D eigenvalue weighted by Gasteiger charge is 2.05. The summed E-state index contributed by atoms with van der Waals surface area (Å²) in [4.78, 5) is 2.49. The number of aryl methyl sites for hydroxylation is 1. The van der Waals surface area contributed by atoms with Gasteiger partial charge in [-0.15, -0.1) is 11.3 Å². The lowest BCUT2D eigenvalue weighted by Gasteiger charge is -2.02. The molecule has 0 nitrogen and oxygen atoms in total. The van der Waals surface area contributed by atoms with Gasteiger partial charge in [0.15, 0.2) is 0 Å². The van der Waals surface area contributed by atoms with Crippen LogP contribution in [0.4, 0.5) is 4.39 Å². The fourth-order valence-corrected chi connectivity index (χ4v) is 3.20. The molecule has 1 aromatic heterocycles. The van der Waals surface area contributed by atoms with E-state index in [4.69, 9.17) is 0 Å². The predicted molar refractivity (Wildman–Crippen MR) is 82.5 cm³/mol. The Bertz CT molecular complexity index is 710. The lowest BCUT2D eigenvalue weighted by atomic mass is 10.1. The zero-order valence-corrected chi connectivity index (χ0v) is 12.0. The van der Waals surface area contributed by atoms with Gasteiger partial charge in [0.1, 0.15) is 5.82 Å². The van der Waals surface area contributed by atoms with Crippen LogP contribution in [0.5, 0.6) is 0 Å². The van der Waals surface area contributed by atoms with Crippen LogP contribution in [0.25, 0.3) is 10.4 Å². The van der Waals surface area contributed by atoms with Crippen molar-refractivity contribution in [1.29, 1.82) is 0 Å². The summed E-state index contributed by atoms with van der Waals surface area (Å²) in [5.41, 5.74) is 3.67. The molecule has 99 valence electrons. The molecular formula is C18H14FS. The third kappa shape index (κ3) is 2.81. The molecule has 0 aliphatic carbocycles. The van der Waals surface area contributed by atoms with Crippen LogP contribution < -0.4 is 0 Å². The Kier molecular flexibility index (Phi) is 3.66. The molecule has 0 unspecified atom stereocenters. The Balaban J connectivity index is 1.84. The molecule has 1 heterocycles. The number of halogens is 1. The molecule has 0 bridgehead atoms. The lowest BCUT2D eigenvalue weighted by molar-refractivity contribution is 0.628. The molecule has 0 spiro atoms. The van der Waals surface area contributed by atoms with Crippen molar-refractivity contribution in [3.05, 3.63) is 82.5 Å². The Morgan fingerprint density at radius 2 is 1.85 bits per heavy atom. The fourth-order valence-electron chi connectivity index (χ4n) is 2.16. The van der Waals surface area contributed by atoms with E-state index in [0.717, 1.165) is 12.0 Å². The molecule has 2 aromatic carbocycles. The maximum Gasteiger partial charge on any atom is 0.123 e. The van der Waals surface area contributed by atoms with Gasteiger partial charge < -0.3 is 0 Å². The summed E-state index contributed by atoms with van der Waals surface area (Å²) in [6.07, 6.45) is 0.926. The zero-order valence-electron chi connectivity index (χ0n) is 11.2. The van der Waals surface area contributed by atoms with Crippen LogP contribution >= 0.6 is 11.3 Å². The molecule has 1 radical (unpaired) electrons. The third-order valence-corrected chi connectivity index (χ3v) is 4.48. The van der Waals surface area contributed by atoms with E-state index < -0.39 is 0 Å². The van der Waals surface area contributed by atoms with E-state index in [1.54, 1.807) is 11.3 Å². The standard InChI is InChI=1S/C18H14FS/c1-13-4-2-3-5-15(13)12-17-10-11-18(20-17)14-6-8-16(19)9-7-14/h2,4-11H,12H2,1H3. The number of hydrogen-bond donors (Lipinski definition) is 0. The molecular weight excluding hydrogens is 267 g/mol. The second-order valence-electron chi connectivity index (χ2n) is 4.80. The Labute approximate surface area is 122 Å². The maximum atomic E-state index is 12.9. The smallest absolute Gasteiger partial charge is 0.123 e. The summed E-state index contributed by atoms with van der Waals surface area (Å²) in [6.45, 7) is 2.12. The quantitative estimate of drug-likeness (QED) is 0.615. The highest BCUT2D eigenvalue weighted by atomic mass is 32.1. The molecule has 0 fully saturated rings. The van der Waals surface area contributed by atoms with Crippen molar-refractivity contribution < 1.29 is 4.39 Å². The van der Waals surface area contributed by atoms with Crippen LogP contribution in [-0.4, -0.2) is 0 Å². The molecule has 0 saturated carbocycles. The van der Waals surface area contributed by atoms with E-state index in [2.05, 4.69) is 31.2 Å². The van der Waals surface area contributed by atoms with Gasteiger partial charge in [-0.2, -0.15) is 0 Å². The Morgan fingerprint density at radius 3 is 2.60 bits per heavy atom. The fraction of sp³-hybridized carbons (Fsp3) is 0.111. The van der Waals surface area contributed by atoms with Gasteiger partial charge in [-0.25, -0.2) is 4.39 Å². The molecule has 3 rings (SSSR count). The summed E-state index contributed by atoms with van der Waals surface area (Å²) >= 11 is 1.76. The number of hydrogen-bond acceptors (Lipinski definition) is 1. The summed E-state index contributed by atoms with van der Waals surface area (Å²) in [5, 5.41) is 0. The van der Waals surface area contributed by atoms with Gasteiger partial charge in [-0.1, -0.05) is 30.3 Å². The topological polar surface area (TPSA) is 0 Å². The lowest BCUT2D eigenvalue weighted by Crippen LogP contribution is -1.88. The first-order chi connectivity index (χ1) is 9.72. The zero-order chi connectivity index (χ0) is 13.9. The van der Waals surface area contributed by atoms with E-state index in [-0.39, 0.29) is 5.82 Å². The number of thiophene rings is 1. The Morgan fingerprint density at radius 1 is 1.05 bits per heavy atom. The van der Waals surface area contributed by atoms with Crippen LogP contribution in [0, 0.1) is 18.8 Å². The first kappa shape index (κ1) is 13.1. The average molecular weight is 281 g/mol. The maximum absolute atomic E-state index is 12.9. The second kappa shape index (κ2) is 5.59. The van der Waals surface area contributed by atoms with Crippen LogP contribution in [-0.2, 0) is 6.42 Å². The highest BCUT2D eigenvalue weighted by molar-refractivity contribution is 7.15. The van der Waals surface area contributed by atoms with Crippen molar-refractivity contribution in [3.63, 3.8) is 0 Å². The van der Waals surface area contributed by atoms with Crippen molar-refractivity contribution in [2.45, 2.75) is 13.3 Å². The molecule has 0 N–H and O–H groups in total. The molecule has 20 heavy (non-hydrogen) atoms. The van der Waals surface area contributed by atoms with Gasteiger partial charge in [0.05, 0.1) is 0 Å². The van der Waals surface area contributed by atoms with Gasteiger partial charge in [0.25, 0.3) is 0 Å². The van der Waals surface area contributed by atoms with Crippen molar-refractivity contribution in [2.75, 3.05) is 0 Å². The van der Waals surface area contributed by atoms with Crippen molar-refractivity contribution in [3.8, 4) is 10.4 Å². The van der Waals surface area contributed by atoms with E-state index in [9.17, 15) is 4.39 Å². The Hall–Kier alpha value is -1.93. The number of benzene rings is 2. The minimum Gasteiger partial charge on any atom is -0.207 e. The normalized spacial score (nSPS) is 10.7. The molecule has 0 amide bonds. The highest BCUT2D eigenvalue weighted by Crippen LogP contribution is 2.29. The average Bonchev–Trinajstić information content (AvgIpc) is 2.91. The van der Waals surface area contributed by atoms with Crippen LogP contribution in [0.2, 0.25) is 0 Å². The van der Waals surface area contributed by atoms with E-state index >= 15 is 0 Å². The summed E-state index contributed by atoms with van der Waals surface area (Å²) < 4.78 is 12.9. The molecule has 3 aromatic rings. The second-order valence-corrected chi connectivity index (χ2v) is 5.97. The minimum absolute atomic E-state index is 0.194. The SMILES string of the molecule is Cc1cc[c]cc1Cc1ccc(-c2ccc(F)cc2)s1. The van der Waals surface area contributed by atoms with Gasteiger partial charge in [-0.3, -0.25) is 0 Å². The minimum atomic E-state index is -0.194. The van der Waals surface area contributed by atoms with E-state index in [1.165, 1.54) is 33.0 Å². The van der Waals surface area contributed by atoms with E-state index in [0.29, 0.717) is 0 Å². The van der Waals surface area contributed by atoms with Gasteiger partial charge >= 0.3 is 0 Å². The van der Waals surface area contributed by atoms with E-state index in [1.807, 2.05) is 24.3 Å². The van der Waals surface area contributed by atoms with Crippen LogP contribution in [0.3, 0.4) is 0 Å². The first-order valence-electron chi connectivity index (χ1n) is 6.52. The van der Waals surface area contributed by atoms with Gasteiger partial charge in [-0.05, 0) is 53.9 Å².